The number of rotatable bonds is 11. The number of amides is 2. The summed E-state index contributed by atoms with van der Waals surface area (Å²) in [7, 11) is -3.80. The lowest BCUT2D eigenvalue weighted by Gasteiger charge is -2.33. The minimum atomic E-state index is -3.80. The molecule has 2 aromatic carbocycles. The van der Waals surface area contributed by atoms with E-state index in [1.807, 2.05) is 37.3 Å². The largest absolute Gasteiger partial charge is 0.352 e. The highest BCUT2D eigenvalue weighted by atomic mass is 35.5. The number of hydrogen-bond acceptors (Lipinski definition) is 4. The number of sulfonamides is 1. The summed E-state index contributed by atoms with van der Waals surface area (Å²) in [5.41, 5.74) is 1.95. The van der Waals surface area contributed by atoms with Crippen LogP contribution in [0.1, 0.15) is 50.2 Å². The minimum absolute atomic E-state index is 0.124. The van der Waals surface area contributed by atoms with Crippen LogP contribution in [0.5, 0.6) is 0 Å². The van der Waals surface area contributed by atoms with Crippen molar-refractivity contribution < 1.29 is 18.0 Å². The maximum absolute atomic E-state index is 13.7. The lowest BCUT2D eigenvalue weighted by molar-refractivity contribution is -0.139. The Balaban J connectivity index is 1.89. The molecular formula is C27H36ClN3O4S. The molecule has 7 nitrogen and oxygen atoms in total. The van der Waals surface area contributed by atoms with Gasteiger partial charge in [-0.25, -0.2) is 8.42 Å². The van der Waals surface area contributed by atoms with Crippen LogP contribution in [0.15, 0.2) is 48.5 Å². The molecule has 0 heterocycles. The molecule has 1 saturated carbocycles. The first-order valence-corrected chi connectivity index (χ1v) is 14.7. The lowest BCUT2D eigenvalue weighted by Crippen LogP contribution is -2.54. The molecule has 2 aromatic rings. The zero-order chi connectivity index (χ0) is 26.3. The number of nitrogens with zero attached hydrogens (tertiary/aromatic N) is 2. The van der Waals surface area contributed by atoms with Crippen LogP contribution in [0, 0.1) is 6.92 Å². The topological polar surface area (TPSA) is 86.8 Å². The van der Waals surface area contributed by atoms with Crippen molar-refractivity contribution in [1.82, 2.24) is 10.2 Å². The van der Waals surface area contributed by atoms with Gasteiger partial charge in [-0.1, -0.05) is 67.8 Å². The molecule has 2 amide bonds. The molecule has 0 aromatic heterocycles. The molecule has 1 atom stereocenters. The summed E-state index contributed by atoms with van der Waals surface area (Å²) < 4.78 is 26.6. The summed E-state index contributed by atoms with van der Waals surface area (Å²) in [6.07, 6.45) is 6.09. The van der Waals surface area contributed by atoms with Gasteiger partial charge in [-0.05, 0) is 55.9 Å². The second-order valence-electron chi connectivity index (χ2n) is 9.39. The van der Waals surface area contributed by atoms with Crippen LogP contribution < -0.4 is 9.62 Å². The number of hydrogen-bond donors (Lipinski definition) is 1. The zero-order valence-electron chi connectivity index (χ0n) is 21.2. The lowest BCUT2D eigenvalue weighted by atomic mass is 10.1. The fourth-order valence-electron chi connectivity index (χ4n) is 4.72. The third kappa shape index (κ3) is 7.23. The molecule has 0 aliphatic heterocycles. The number of nitrogens with one attached hydrogen (secondary N) is 1. The Kier molecular flexibility index (Phi) is 9.79. The first-order chi connectivity index (χ1) is 17.1. The Hall–Kier alpha value is -2.58. The number of anilines is 1. The van der Waals surface area contributed by atoms with E-state index in [0.717, 1.165) is 41.8 Å². The molecule has 0 spiro atoms. The molecule has 1 N–H and O–H groups in total. The van der Waals surface area contributed by atoms with Gasteiger partial charge in [0.05, 0.1) is 11.9 Å². The van der Waals surface area contributed by atoms with Gasteiger partial charge < -0.3 is 10.2 Å². The van der Waals surface area contributed by atoms with Crippen LogP contribution in [0.3, 0.4) is 0 Å². The van der Waals surface area contributed by atoms with Gasteiger partial charge in [0.2, 0.25) is 21.8 Å². The van der Waals surface area contributed by atoms with E-state index in [1.54, 1.807) is 25.1 Å². The van der Waals surface area contributed by atoms with Crippen molar-refractivity contribution in [3.05, 3.63) is 64.7 Å². The number of benzene rings is 2. The summed E-state index contributed by atoms with van der Waals surface area (Å²) in [5, 5.41) is 3.53. The van der Waals surface area contributed by atoms with Gasteiger partial charge in [-0.3, -0.25) is 13.9 Å². The minimum Gasteiger partial charge on any atom is -0.352 e. The van der Waals surface area contributed by atoms with Crippen molar-refractivity contribution in [1.29, 1.82) is 0 Å². The van der Waals surface area contributed by atoms with Crippen LogP contribution in [-0.4, -0.2) is 56.6 Å². The predicted molar refractivity (Wildman–Crippen MR) is 145 cm³/mol. The molecule has 9 heteroatoms. The molecule has 0 bridgehead atoms. The van der Waals surface area contributed by atoms with E-state index in [-0.39, 0.29) is 11.9 Å². The van der Waals surface area contributed by atoms with Gasteiger partial charge >= 0.3 is 0 Å². The summed E-state index contributed by atoms with van der Waals surface area (Å²) in [6.45, 7) is 3.47. The van der Waals surface area contributed by atoms with E-state index < -0.39 is 28.5 Å². The van der Waals surface area contributed by atoms with Gasteiger partial charge in [-0.15, -0.1) is 0 Å². The molecule has 36 heavy (non-hydrogen) atoms. The van der Waals surface area contributed by atoms with Gasteiger partial charge in [0.15, 0.2) is 0 Å². The SMILES string of the molecule is CCC(C(=O)NC1CCCC1)N(CCc1ccccc1)C(=O)CN(c1cccc(Cl)c1C)S(C)(=O)=O. The summed E-state index contributed by atoms with van der Waals surface area (Å²) in [4.78, 5) is 28.6. The molecule has 196 valence electrons. The second-order valence-corrected chi connectivity index (χ2v) is 11.7. The standard InChI is InChI=1S/C27H36ClN3O4S/c1-4-24(27(33)29-22-13-8-9-14-22)30(18-17-21-11-6-5-7-12-21)26(32)19-31(36(3,34)35)25-16-10-15-23(28)20(25)2/h5-7,10-12,15-16,22,24H,4,8-9,13-14,17-19H2,1-3H3,(H,29,33). The van der Waals surface area contributed by atoms with E-state index in [4.69, 9.17) is 11.6 Å². The van der Waals surface area contributed by atoms with E-state index in [2.05, 4.69) is 5.32 Å². The first-order valence-electron chi connectivity index (χ1n) is 12.5. The maximum atomic E-state index is 13.7. The monoisotopic (exact) mass is 533 g/mol. The first kappa shape index (κ1) is 28.0. The highest BCUT2D eigenvalue weighted by molar-refractivity contribution is 7.92. The smallest absolute Gasteiger partial charge is 0.244 e. The van der Waals surface area contributed by atoms with Crippen molar-refractivity contribution in [2.24, 2.45) is 0 Å². The third-order valence-electron chi connectivity index (χ3n) is 6.76. The molecule has 1 fully saturated rings. The Morgan fingerprint density at radius 3 is 2.36 bits per heavy atom. The normalized spacial score (nSPS) is 14.9. The summed E-state index contributed by atoms with van der Waals surface area (Å²) in [5.74, 6) is -0.611. The fourth-order valence-corrected chi connectivity index (χ4v) is 5.79. The molecule has 1 unspecified atom stereocenters. The average Bonchev–Trinajstić information content (AvgIpc) is 3.35. The molecule has 3 rings (SSSR count). The van der Waals surface area contributed by atoms with Crippen molar-refractivity contribution in [2.45, 2.75) is 64.5 Å². The second kappa shape index (κ2) is 12.6. The fraction of sp³-hybridized carbons (Fsp3) is 0.481. The maximum Gasteiger partial charge on any atom is 0.244 e. The van der Waals surface area contributed by atoms with Crippen LogP contribution in [0.25, 0.3) is 0 Å². The quantitative estimate of drug-likeness (QED) is 0.466. The van der Waals surface area contributed by atoms with Gasteiger partial charge in [-0.2, -0.15) is 0 Å². The molecule has 0 saturated heterocycles. The van der Waals surface area contributed by atoms with E-state index in [9.17, 15) is 18.0 Å². The highest BCUT2D eigenvalue weighted by Crippen LogP contribution is 2.28. The van der Waals surface area contributed by atoms with Gasteiger partial charge in [0.1, 0.15) is 12.6 Å². The van der Waals surface area contributed by atoms with Crippen LogP contribution in [0.4, 0.5) is 5.69 Å². The van der Waals surface area contributed by atoms with Crippen molar-refractivity contribution in [3.8, 4) is 0 Å². The molecule has 1 aliphatic carbocycles. The van der Waals surface area contributed by atoms with E-state index in [0.29, 0.717) is 35.7 Å². The van der Waals surface area contributed by atoms with Gasteiger partial charge in [0, 0.05) is 17.6 Å². The van der Waals surface area contributed by atoms with Crippen molar-refractivity contribution >= 4 is 39.1 Å². The van der Waals surface area contributed by atoms with E-state index in [1.165, 1.54) is 4.90 Å². The summed E-state index contributed by atoms with van der Waals surface area (Å²) >= 11 is 6.25. The Labute approximate surface area is 219 Å². The number of halogens is 1. The van der Waals surface area contributed by atoms with Gasteiger partial charge in [0.25, 0.3) is 0 Å². The van der Waals surface area contributed by atoms with Crippen LogP contribution >= 0.6 is 11.6 Å². The van der Waals surface area contributed by atoms with Crippen LogP contribution in [-0.2, 0) is 26.0 Å². The molecule has 0 radical (unpaired) electrons. The van der Waals surface area contributed by atoms with Crippen LogP contribution in [0.2, 0.25) is 5.02 Å². The Morgan fingerprint density at radius 1 is 1.08 bits per heavy atom. The van der Waals surface area contributed by atoms with E-state index >= 15 is 0 Å². The molecular weight excluding hydrogens is 498 g/mol. The number of carbonyl (C=O) groups excluding carboxylic acids is 2. The number of carbonyl (C=O) groups is 2. The highest BCUT2D eigenvalue weighted by Gasteiger charge is 2.33. The average molecular weight is 534 g/mol. The molecule has 1 aliphatic rings. The third-order valence-corrected chi connectivity index (χ3v) is 8.29. The predicted octanol–water partition coefficient (Wildman–Crippen LogP) is 4.32. The Morgan fingerprint density at radius 2 is 1.75 bits per heavy atom. The Bertz CT molecular complexity index is 1150. The van der Waals surface area contributed by atoms with Crippen molar-refractivity contribution in [2.75, 3.05) is 23.7 Å². The van der Waals surface area contributed by atoms with Crippen molar-refractivity contribution in [3.63, 3.8) is 0 Å². The summed E-state index contributed by atoms with van der Waals surface area (Å²) in [6, 6.07) is 14.1. The zero-order valence-corrected chi connectivity index (χ0v) is 22.8.